The molecule has 1 aliphatic rings. The van der Waals surface area contributed by atoms with E-state index >= 15 is 0 Å². The predicted octanol–water partition coefficient (Wildman–Crippen LogP) is 4.49. The van der Waals surface area contributed by atoms with Crippen molar-refractivity contribution in [2.45, 2.75) is 65.8 Å². The molecule has 2 N–H and O–H groups in total. The lowest BCUT2D eigenvalue weighted by atomic mass is 9.54. The molecule has 0 bridgehead atoms. The topological polar surface area (TPSA) is 26.0 Å². The first-order chi connectivity index (χ1) is 8.44. The van der Waals surface area contributed by atoms with Crippen LogP contribution >= 0.6 is 0 Å². The van der Waals surface area contributed by atoms with Crippen LogP contribution in [0.4, 0.5) is 0 Å². The fraction of sp³-hybridized carbons (Fsp3) is 0.765. The molecule has 0 saturated heterocycles. The molecule has 0 saturated carbocycles. The zero-order valence-electron chi connectivity index (χ0n) is 12.8. The van der Waals surface area contributed by atoms with Crippen LogP contribution in [0.25, 0.3) is 0 Å². The molecule has 1 aliphatic carbocycles. The minimum Gasteiger partial charge on any atom is -0.324 e. The Morgan fingerprint density at radius 1 is 1.33 bits per heavy atom. The summed E-state index contributed by atoms with van der Waals surface area (Å²) in [6.45, 7) is 11.4. The van der Waals surface area contributed by atoms with Crippen LogP contribution in [0.1, 0.15) is 60.3 Å². The Kier molecular flexibility index (Phi) is 5.21. The van der Waals surface area contributed by atoms with Crippen LogP contribution in [-0.2, 0) is 0 Å². The van der Waals surface area contributed by atoms with Crippen LogP contribution in [0, 0.1) is 23.3 Å². The Bertz CT molecular complexity index is 316. The maximum atomic E-state index is 6.88. The normalized spacial score (nSPS) is 28.4. The van der Waals surface area contributed by atoms with E-state index in [1.165, 1.54) is 12.8 Å². The van der Waals surface area contributed by atoms with E-state index in [2.05, 4.69) is 52.8 Å². The zero-order valence-corrected chi connectivity index (χ0v) is 12.8. The van der Waals surface area contributed by atoms with E-state index in [1.54, 1.807) is 0 Å². The molecular weight excluding hydrogens is 218 g/mol. The van der Waals surface area contributed by atoms with Gasteiger partial charge in [-0.15, -0.1) is 0 Å². The summed E-state index contributed by atoms with van der Waals surface area (Å²) >= 11 is 0. The molecule has 0 aliphatic heterocycles. The standard InChI is InChI=1S/C17H30N/c1-6-11-15(5)16(12-9-8-10-13-16)17(18,7-2)14(3)4/h8-9,12,14-15H,6-7,11,13,18H2,1-5H3. The Labute approximate surface area is 114 Å². The fourth-order valence-corrected chi connectivity index (χ4v) is 3.66. The van der Waals surface area contributed by atoms with Gasteiger partial charge in [0.15, 0.2) is 0 Å². The highest BCUT2D eigenvalue weighted by Gasteiger charge is 2.50. The van der Waals surface area contributed by atoms with Crippen molar-refractivity contribution in [3.05, 3.63) is 24.3 Å². The van der Waals surface area contributed by atoms with Gasteiger partial charge in [-0.2, -0.15) is 0 Å². The van der Waals surface area contributed by atoms with Gasteiger partial charge in [-0.25, -0.2) is 0 Å². The van der Waals surface area contributed by atoms with E-state index in [0.717, 1.165) is 12.8 Å². The summed E-state index contributed by atoms with van der Waals surface area (Å²) in [5.74, 6) is 1.08. The SMILES string of the molecule is CCCC(C)C1(C(N)(CC)C(C)C)C=CC=[C]C1. The maximum absolute atomic E-state index is 6.88. The van der Waals surface area contributed by atoms with Crippen LogP contribution < -0.4 is 5.73 Å². The molecule has 1 rings (SSSR count). The highest BCUT2D eigenvalue weighted by molar-refractivity contribution is 5.23. The van der Waals surface area contributed by atoms with Gasteiger partial charge in [-0.1, -0.05) is 65.7 Å². The number of rotatable bonds is 6. The van der Waals surface area contributed by atoms with Gasteiger partial charge in [0, 0.05) is 11.0 Å². The third-order valence-electron chi connectivity index (χ3n) is 5.09. The van der Waals surface area contributed by atoms with Gasteiger partial charge < -0.3 is 5.73 Å². The molecule has 3 unspecified atom stereocenters. The third-order valence-corrected chi connectivity index (χ3v) is 5.09. The molecule has 0 aromatic carbocycles. The number of hydrogen-bond donors (Lipinski definition) is 1. The fourth-order valence-electron chi connectivity index (χ4n) is 3.66. The summed E-state index contributed by atoms with van der Waals surface area (Å²) in [5, 5.41) is 0. The van der Waals surface area contributed by atoms with Crippen molar-refractivity contribution in [3.8, 4) is 0 Å². The maximum Gasteiger partial charge on any atom is 0.0272 e. The molecule has 0 spiro atoms. The Morgan fingerprint density at radius 3 is 2.39 bits per heavy atom. The van der Waals surface area contributed by atoms with Gasteiger partial charge in [0.2, 0.25) is 0 Å². The van der Waals surface area contributed by atoms with Crippen molar-refractivity contribution in [3.63, 3.8) is 0 Å². The third kappa shape index (κ3) is 2.42. The van der Waals surface area contributed by atoms with Gasteiger partial charge in [-0.3, -0.25) is 0 Å². The minimum absolute atomic E-state index is 0.0701. The lowest BCUT2D eigenvalue weighted by molar-refractivity contribution is 0.0557. The molecule has 18 heavy (non-hydrogen) atoms. The van der Waals surface area contributed by atoms with E-state index in [0.29, 0.717) is 11.8 Å². The molecule has 1 radical (unpaired) electrons. The van der Waals surface area contributed by atoms with E-state index in [9.17, 15) is 0 Å². The number of allylic oxidation sites excluding steroid dienone is 3. The average molecular weight is 248 g/mol. The van der Waals surface area contributed by atoms with Crippen LogP contribution in [0.15, 0.2) is 18.2 Å². The van der Waals surface area contributed by atoms with Gasteiger partial charge in [0.25, 0.3) is 0 Å². The quantitative estimate of drug-likeness (QED) is 0.736. The molecular formula is C17H30N. The largest absolute Gasteiger partial charge is 0.324 e. The second-order valence-corrected chi connectivity index (χ2v) is 6.19. The lowest BCUT2D eigenvalue weighted by Crippen LogP contribution is -2.60. The summed E-state index contributed by atoms with van der Waals surface area (Å²) in [7, 11) is 0. The zero-order chi connectivity index (χ0) is 13.8. The molecule has 0 aromatic heterocycles. The first-order valence-corrected chi connectivity index (χ1v) is 7.48. The predicted molar refractivity (Wildman–Crippen MR) is 80.1 cm³/mol. The average Bonchev–Trinajstić information content (AvgIpc) is 2.38. The van der Waals surface area contributed by atoms with E-state index in [1.807, 2.05) is 6.08 Å². The van der Waals surface area contributed by atoms with Gasteiger partial charge in [-0.05, 0) is 30.8 Å². The summed E-state index contributed by atoms with van der Waals surface area (Å²) < 4.78 is 0. The second-order valence-electron chi connectivity index (χ2n) is 6.19. The molecule has 1 heteroatoms. The highest BCUT2D eigenvalue weighted by Crippen LogP contribution is 2.50. The monoisotopic (exact) mass is 248 g/mol. The number of hydrogen-bond acceptors (Lipinski definition) is 1. The summed E-state index contributed by atoms with van der Waals surface area (Å²) in [4.78, 5) is 0. The molecule has 0 heterocycles. The van der Waals surface area contributed by atoms with Crippen LogP contribution in [-0.4, -0.2) is 5.54 Å². The van der Waals surface area contributed by atoms with Crippen molar-refractivity contribution in [1.82, 2.24) is 0 Å². The molecule has 0 aromatic rings. The molecule has 0 fully saturated rings. The van der Waals surface area contributed by atoms with Crippen molar-refractivity contribution in [1.29, 1.82) is 0 Å². The van der Waals surface area contributed by atoms with Gasteiger partial charge >= 0.3 is 0 Å². The Morgan fingerprint density at radius 2 is 2.00 bits per heavy atom. The smallest absolute Gasteiger partial charge is 0.0272 e. The molecule has 3 atom stereocenters. The van der Waals surface area contributed by atoms with Crippen molar-refractivity contribution >= 4 is 0 Å². The van der Waals surface area contributed by atoms with Crippen molar-refractivity contribution < 1.29 is 0 Å². The first kappa shape index (κ1) is 15.5. The number of nitrogens with two attached hydrogens (primary N) is 1. The van der Waals surface area contributed by atoms with E-state index in [4.69, 9.17) is 5.73 Å². The van der Waals surface area contributed by atoms with E-state index in [-0.39, 0.29) is 11.0 Å². The van der Waals surface area contributed by atoms with Gasteiger partial charge in [0.1, 0.15) is 0 Å². The van der Waals surface area contributed by atoms with Crippen LogP contribution in [0.5, 0.6) is 0 Å². The summed E-state index contributed by atoms with van der Waals surface area (Å²) in [6.07, 6.45) is 14.4. The van der Waals surface area contributed by atoms with Crippen molar-refractivity contribution in [2.24, 2.45) is 23.0 Å². The molecule has 103 valence electrons. The second kappa shape index (κ2) is 6.06. The Hall–Kier alpha value is -0.560. The Balaban J connectivity index is 3.19. The lowest BCUT2D eigenvalue weighted by Gasteiger charge is -2.53. The molecule has 0 amide bonds. The summed E-state index contributed by atoms with van der Waals surface area (Å²) in [5.41, 5.74) is 6.81. The van der Waals surface area contributed by atoms with E-state index < -0.39 is 0 Å². The highest BCUT2D eigenvalue weighted by atomic mass is 14.8. The van der Waals surface area contributed by atoms with Gasteiger partial charge in [0.05, 0.1) is 0 Å². The summed E-state index contributed by atoms with van der Waals surface area (Å²) in [6, 6.07) is 0. The van der Waals surface area contributed by atoms with Crippen LogP contribution in [0.3, 0.4) is 0 Å². The van der Waals surface area contributed by atoms with Crippen LogP contribution in [0.2, 0.25) is 0 Å². The molecule has 1 nitrogen and oxygen atoms in total. The van der Waals surface area contributed by atoms with Crippen molar-refractivity contribution in [2.75, 3.05) is 0 Å². The minimum atomic E-state index is -0.140. The first-order valence-electron chi connectivity index (χ1n) is 7.48.